The van der Waals surface area contributed by atoms with Crippen LogP contribution < -0.4 is 9.47 Å². The number of nitrogens with zero attached hydrogens (tertiary/aromatic N) is 1. The van der Waals surface area contributed by atoms with Gasteiger partial charge in [-0.25, -0.2) is 0 Å². The molecule has 0 amide bonds. The molecule has 146 valence electrons. The van der Waals surface area contributed by atoms with E-state index in [-0.39, 0.29) is 12.4 Å². The molecular formula is C24H20ClNO3. The molecular weight excluding hydrogens is 386 g/mol. The number of hydrogen-bond donors (Lipinski definition) is 0. The third-order valence-electron chi connectivity index (χ3n) is 4.62. The minimum atomic E-state index is -0.0533. The fourth-order valence-electron chi connectivity index (χ4n) is 3.19. The fourth-order valence-corrected chi connectivity index (χ4v) is 3.32. The van der Waals surface area contributed by atoms with E-state index in [1.54, 1.807) is 12.1 Å². The maximum absolute atomic E-state index is 12.8. The zero-order valence-electron chi connectivity index (χ0n) is 15.8. The number of halogens is 1. The van der Waals surface area contributed by atoms with Gasteiger partial charge < -0.3 is 14.0 Å². The highest BCUT2D eigenvalue weighted by Crippen LogP contribution is 2.23. The van der Waals surface area contributed by atoms with Crippen LogP contribution in [0.5, 0.6) is 11.5 Å². The van der Waals surface area contributed by atoms with Gasteiger partial charge in [0.25, 0.3) is 0 Å². The van der Waals surface area contributed by atoms with Gasteiger partial charge in [-0.3, -0.25) is 4.79 Å². The number of ether oxygens (including phenoxy) is 2. The Morgan fingerprint density at radius 3 is 2.31 bits per heavy atom. The number of aromatic nitrogens is 1. The fraction of sp³-hybridized carbons (Fsp3) is 0.125. The molecule has 0 aliphatic carbocycles. The second-order valence-corrected chi connectivity index (χ2v) is 7.02. The van der Waals surface area contributed by atoms with Gasteiger partial charge in [-0.05, 0) is 42.5 Å². The molecule has 0 saturated heterocycles. The van der Waals surface area contributed by atoms with Gasteiger partial charge in [0.05, 0.1) is 6.54 Å². The molecule has 4 rings (SSSR count). The first-order valence-electron chi connectivity index (χ1n) is 9.38. The zero-order chi connectivity index (χ0) is 20.1. The van der Waals surface area contributed by atoms with Crippen LogP contribution in [0.25, 0.3) is 10.9 Å². The molecule has 1 aromatic heterocycles. The predicted molar refractivity (Wildman–Crippen MR) is 115 cm³/mol. The molecule has 0 radical (unpaired) electrons. The van der Waals surface area contributed by atoms with Crippen LogP contribution in [0.15, 0.2) is 85.1 Å². The summed E-state index contributed by atoms with van der Waals surface area (Å²) in [6.45, 7) is 1.10. The SMILES string of the molecule is O=C(COc1ccccc1)c1cn(CCOc2ccc(Cl)cc2)c2ccccc12. The van der Waals surface area contributed by atoms with Crippen LogP contribution in [0, 0.1) is 0 Å². The van der Waals surface area contributed by atoms with E-state index in [4.69, 9.17) is 21.1 Å². The first-order valence-corrected chi connectivity index (χ1v) is 9.76. The lowest BCUT2D eigenvalue weighted by atomic mass is 10.1. The molecule has 4 nitrogen and oxygen atoms in total. The van der Waals surface area contributed by atoms with Crippen molar-refractivity contribution >= 4 is 28.3 Å². The van der Waals surface area contributed by atoms with Crippen molar-refractivity contribution in [3.8, 4) is 11.5 Å². The predicted octanol–water partition coefficient (Wildman–Crippen LogP) is 5.64. The molecule has 3 aromatic carbocycles. The molecule has 0 N–H and O–H groups in total. The van der Waals surface area contributed by atoms with Gasteiger partial charge in [-0.2, -0.15) is 0 Å². The smallest absolute Gasteiger partial charge is 0.202 e. The van der Waals surface area contributed by atoms with Crippen molar-refractivity contribution in [1.82, 2.24) is 4.57 Å². The van der Waals surface area contributed by atoms with Crippen molar-refractivity contribution in [3.63, 3.8) is 0 Å². The van der Waals surface area contributed by atoms with Crippen LogP contribution in [0.4, 0.5) is 0 Å². The van der Waals surface area contributed by atoms with E-state index < -0.39 is 0 Å². The summed E-state index contributed by atoms with van der Waals surface area (Å²) in [6, 6.07) is 24.5. The Bertz CT molecular complexity index is 1100. The van der Waals surface area contributed by atoms with Crippen molar-refractivity contribution in [2.45, 2.75) is 6.54 Å². The number of benzene rings is 3. The normalized spacial score (nSPS) is 10.8. The van der Waals surface area contributed by atoms with Gasteiger partial charge in [0, 0.05) is 27.7 Å². The number of hydrogen-bond acceptors (Lipinski definition) is 3. The maximum atomic E-state index is 12.8. The van der Waals surface area contributed by atoms with E-state index in [1.807, 2.05) is 77.5 Å². The summed E-state index contributed by atoms with van der Waals surface area (Å²) in [4.78, 5) is 12.8. The third-order valence-corrected chi connectivity index (χ3v) is 4.87. The van der Waals surface area contributed by atoms with Crippen molar-refractivity contribution in [3.05, 3.63) is 95.6 Å². The van der Waals surface area contributed by atoms with Crippen molar-refractivity contribution in [2.24, 2.45) is 0 Å². The van der Waals surface area contributed by atoms with E-state index >= 15 is 0 Å². The van der Waals surface area contributed by atoms with E-state index in [1.165, 1.54) is 0 Å². The summed E-state index contributed by atoms with van der Waals surface area (Å²) >= 11 is 5.90. The van der Waals surface area contributed by atoms with Crippen LogP contribution in [0.2, 0.25) is 5.02 Å². The first-order chi connectivity index (χ1) is 14.2. The van der Waals surface area contributed by atoms with Crippen LogP contribution in [0.1, 0.15) is 10.4 Å². The summed E-state index contributed by atoms with van der Waals surface area (Å²) in [5.74, 6) is 1.39. The van der Waals surface area contributed by atoms with Gasteiger partial charge in [-0.1, -0.05) is 48.0 Å². The minimum absolute atomic E-state index is 0.000699. The Morgan fingerprint density at radius 1 is 0.828 bits per heavy atom. The number of ketones is 1. The number of rotatable bonds is 8. The molecule has 0 fully saturated rings. The summed E-state index contributed by atoms with van der Waals surface area (Å²) in [7, 11) is 0. The van der Waals surface area contributed by atoms with Gasteiger partial charge in [0.15, 0.2) is 6.61 Å². The third kappa shape index (κ3) is 4.61. The van der Waals surface area contributed by atoms with Gasteiger partial charge in [-0.15, -0.1) is 0 Å². The highest BCUT2D eigenvalue weighted by Gasteiger charge is 2.15. The zero-order valence-corrected chi connectivity index (χ0v) is 16.5. The molecule has 5 heteroatoms. The summed E-state index contributed by atoms with van der Waals surface area (Å²) in [5.41, 5.74) is 1.65. The number of para-hydroxylation sites is 2. The van der Waals surface area contributed by atoms with Crippen LogP contribution in [-0.2, 0) is 6.54 Å². The van der Waals surface area contributed by atoms with Crippen LogP contribution in [-0.4, -0.2) is 23.6 Å². The van der Waals surface area contributed by atoms with Crippen LogP contribution >= 0.6 is 11.6 Å². The Morgan fingerprint density at radius 2 is 1.52 bits per heavy atom. The topological polar surface area (TPSA) is 40.5 Å². The summed E-state index contributed by atoms with van der Waals surface area (Å²) in [5, 5.41) is 1.59. The number of Topliss-reactive ketones (excluding diaryl/α,β-unsaturated/α-hetero) is 1. The Hall–Kier alpha value is -3.24. The Balaban J connectivity index is 1.47. The summed E-state index contributed by atoms with van der Waals surface area (Å²) < 4.78 is 13.5. The molecule has 0 spiro atoms. The number of fused-ring (bicyclic) bond motifs is 1. The molecule has 1 heterocycles. The Labute approximate surface area is 174 Å². The van der Waals surface area contributed by atoms with Crippen molar-refractivity contribution in [1.29, 1.82) is 0 Å². The Kier molecular flexibility index (Phi) is 5.82. The second-order valence-electron chi connectivity index (χ2n) is 6.58. The molecule has 0 saturated carbocycles. The lowest BCUT2D eigenvalue weighted by Gasteiger charge is -2.08. The standard InChI is InChI=1S/C24H20ClNO3/c25-18-10-12-20(13-11-18)28-15-14-26-16-22(21-8-4-5-9-23(21)26)24(27)17-29-19-6-2-1-3-7-19/h1-13,16H,14-15,17H2. The van der Waals surface area contributed by atoms with Gasteiger partial charge in [0.2, 0.25) is 5.78 Å². The van der Waals surface area contributed by atoms with E-state index in [0.717, 1.165) is 16.7 Å². The van der Waals surface area contributed by atoms with Gasteiger partial charge >= 0.3 is 0 Å². The summed E-state index contributed by atoms with van der Waals surface area (Å²) in [6.07, 6.45) is 1.88. The van der Waals surface area contributed by atoms with Gasteiger partial charge in [0.1, 0.15) is 18.1 Å². The average Bonchev–Trinajstić information content (AvgIpc) is 3.13. The largest absolute Gasteiger partial charge is 0.492 e. The van der Waals surface area contributed by atoms with E-state index in [9.17, 15) is 4.79 Å². The van der Waals surface area contributed by atoms with E-state index in [0.29, 0.717) is 29.5 Å². The molecule has 0 aliphatic heterocycles. The molecule has 0 aliphatic rings. The highest BCUT2D eigenvalue weighted by molar-refractivity contribution is 6.30. The number of carbonyl (C=O) groups excluding carboxylic acids is 1. The first kappa shape index (κ1) is 19.1. The number of carbonyl (C=O) groups is 1. The highest BCUT2D eigenvalue weighted by atomic mass is 35.5. The minimum Gasteiger partial charge on any atom is -0.492 e. The van der Waals surface area contributed by atoms with Crippen LogP contribution in [0.3, 0.4) is 0 Å². The molecule has 29 heavy (non-hydrogen) atoms. The molecule has 0 atom stereocenters. The lowest BCUT2D eigenvalue weighted by Crippen LogP contribution is -2.11. The average molecular weight is 406 g/mol. The lowest BCUT2D eigenvalue weighted by molar-refractivity contribution is 0.0923. The van der Waals surface area contributed by atoms with Crippen molar-refractivity contribution in [2.75, 3.05) is 13.2 Å². The molecule has 4 aromatic rings. The monoisotopic (exact) mass is 405 g/mol. The quantitative estimate of drug-likeness (QED) is 0.356. The maximum Gasteiger partial charge on any atom is 0.202 e. The molecule has 0 bridgehead atoms. The molecule has 0 unspecified atom stereocenters. The second kappa shape index (κ2) is 8.84. The van der Waals surface area contributed by atoms with E-state index in [2.05, 4.69) is 0 Å². The van der Waals surface area contributed by atoms with Crippen molar-refractivity contribution < 1.29 is 14.3 Å².